The molecule has 2 aromatic rings. The summed E-state index contributed by atoms with van der Waals surface area (Å²) in [7, 11) is 0. The monoisotopic (exact) mass is 493 g/mol. The standard InChI is InChI=1S/C29H39N3O4/c1-21(18-27(30)23-11-4-2-5-12-23)31-29(34)25(14-6-3-7-15-28(33)32-35)20-36-26-17-16-22-10-8-9-13-24(22)19-26/h8-10,13-14,16-17,19,21,23,30,35H,2-7,11-12,15,18,20H2,1H3,(H,31,34)(H,32,33)/b25-14+,30-27?. The average Bonchev–Trinajstić information content (AvgIpc) is 2.90. The maximum absolute atomic E-state index is 13.1. The molecule has 0 bridgehead atoms. The van der Waals surface area contributed by atoms with Gasteiger partial charge in [0.2, 0.25) is 5.91 Å². The second-order valence-electron chi connectivity index (χ2n) is 9.75. The first-order valence-corrected chi connectivity index (χ1v) is 13.1. The SMILES string of the molecule is CC(CC(=N)C1CCCCC1)NC(=O)/C(=C/CCCCC(=O)NO)COc1ccc2ccccc2c1. The van der Waals surface area contributed by atoms with E-state index in [9.17, 15) is 9.59 Å². The van der Waals surface area contributed by atoms with Crippen molar-refractivity contribution in [1.82, 2.24) is 10.8 Å². The Morgan fingerprint density at radius 3 is 2.61 bits per heavy atom. The molecule has 1 aliphatic carbocycles. The number of allylic oxidation sites excluding steroid dienone is 1. The van der Waals surface area contributed by atoms with E-state index in [-0.39, 0.29) is 25.0 Å². The van der Waals surface area contributed by atoms with E-state index >= 15 is 0 Å². The van der Waals surface area contributed by atoms with Gasteiger partial charge < -0.3 is 15.5 Å². The molecule has 0 heterocycles. The van der Waals surface area contributed by atoms with Crippen LogP contribution in [0.1, 0.15) is 71.1 Å². The quantitative estimate of drug-likeness (QED) is 0.0942. The van der Waals surface area contributed by atoms with Gasteiger partial charge in [0.1, 0.15) is 12.4 Å². The number of unbranched alkanes of at least 4 members (excludes halogenated alkanes) is 2. The third-order valence-corrected chi connectivity index (χ3v) is 6.78. The van der Waals surface area contributed by atoms with Gasteiger partial charge in [0.25, 0.3) is 5.91 Å². The maximum Gasteiger partial charge on any atom is 0.250 e. The molecule has 3 rings (SSSR count). The molecule has 0 aliphatic heterocycles. The lowest BCUT2D eigenvalue weighted by molar-refractivity contribution is -0.129. The molecule has 0 aromatic heterocycles. The summed E-state index contributed by atoms with van der Waals surface area (Å²) in [6.45, 7) is 2.08. The van der Waals surface area contributed by atoms with Gasteiger partial charge in [-0.05, 0) is 67.9 Å². The molecule has 4 N–H and O–H groups in total. The summed E-state index contributed by atoms with van der Waals surface area (Å²) in [5, 5.41) is 22.4. The Bertz CT molecular complexity index is 1060. The third-order valence-electron chi connectivity index (χ3n) is 6.78. The number of fused-ring (bicyclic) bond motifs is 1. The second-order valence-corrected chi connectivity index (χ2v) is 9.75. The molecule has 7 heteroatoms. The first-order chi connectivity index (χ1) is 17.5. The van der Waals surface area contributed by atoms with Crippen LogP contribution in [0.15, 0.2) is 54.1 Å². The highest BCUT2D eigenvalue weighted by molar-refractivity contribution is 5.94. The summed E-state index contributed by atoms with van der Waals surface area (Å²) in [4.78, 5) is 24.4. The van der Waals surface area contributed by atoms with Crippen molar-refractivity contribution in [1.29, 1.82) is 5.41 Å². The molecule has 1 fully saturated rings. The number of amides is 2. The summed E-state index contributed by atoms with van der Waals surface area (Å²) in [5.41, 5.74) is 2.91. The van der Waals surface area contributed by atoms with E-state index < -0.39 is 5.91 Å². The van der Waals surface area contributed by atoms with Crippen molar-refractivity contribution >= 4 is 28.3 Å². The Hall–Kier alpha value is -3.19. The molecule has 1 unspecified atom stereocenters. The van der Waals surface area contributed by atoms with Crippen molar-refractivity contribution < 1.29 is 19.5 Å². The summed E-state index contributed by atoms with van der Waals surface area (Å²) in [6, 6.07) is 13.8. The molecule has 1 aliphatic rings. The molecule has 2 aromatic carbocycles. The van der Waals surface area contributed by atoms with Crippen molar-refractivity contribution in [2.24, 2.45) is 5.92 Å². The van der Waals surface area contributed by atoms with E-state index in [0.717, 1.165) is 29.3 Å². The van der Waals surface area contributed by atoms with Crippen molar-refractivity contribution in [3.63, 3.8) is 0 Å². The van der Waals surface area contributed by atoms with Crippen molar-refractivity contribution in [3.05, 3.63) is 54.1 Å². The number of carbonyl (C=O) groups is 2. The first-order valence-electron chi connectivity index (χ1n) is 13.1. The van der Waals surface area contributed by atoms with Crippen molar-refractivity contribution in [2.75, 3.05) is 6.61 Å². The van der Waals surface area contributed by atoms with Crippen LogP contribution in [0.5, 0.6) is 5.75 Å². The number of ether oxygens (including phenoxy) is 1. The lowest BCUT2D eigenvalue weighted by atomic mass is 9.84. The number of hydroxylamine groups is 1. The molecule has 194 valence electrons. The predicted octanol–water partition coefficient (Wildman–Crippen LogP) is 5.71. The Kier molecular flexibility index (Phi) is 11.0. The molecular formula is C29H39N3O4. The van der Waals surface area contributed by atoms with E-state index in [1.165, 1.54) is 19.3 Å². The second kappa shape index (κ2) is 14.4. The lowest BCUT2D eigenvalue weighted by Gasteiger charge is -2.24. The van der Waals surface area contributed by atoms with Gasteiger partial charge in [-0.25, -0.2) is 5.48 Å². The maximum atomic E-state index is 13.1. The Morgan fingerprint density at radius 2 is 1.86 bits per heavy atom. The smallest absolute Gasteiger partial charge is 0.250 e. The van der Waals surface area contributed by atoms with Gasteiger partial charge in [-0.15, -0.1) is 0 Å². The molecule has 1 atom stereocenters. The van der Waals surface area contributed by atoms with Crippen LogP contribution in [-0.4, -0.2) is 35.4 Å². The topological polar surface area (TPSA) is 112 Å². The lowest BCUT2D eigenvalue weighted by Crippen LogP contribution is -2.37. The molecule has 36 heavy (non-hydrogen) atoms. The van der Waals surface area contributed by atoms with Gasteiger partial charge >= 0.3 is 0 Å². The third kappa shape index (κ3) is 8.79. The first kappa shape index (κ1) is 27.4. The van der Waals surface area contributed by atoms with E-state index in [1.54, 1.807) is 5.48 Å². The number of hydrogen-bond donors (Lipinski definition) is 4. The van der Waals surface area contributed by atoms with Crippen molar-refractivity contribution in [3.8, 4) is 5.75 Å². The highest BCUT2D eigenvalue weighted by Crippen LogP contribution is 2.26. The Balaban J connectivity index is 1.59. The fraction of sp³-hybridized carbons (Fsp3) is 0.483. The highest BCUT2D eigenvalue weighted by Gasteiger charge is 2.21. The fourth-order valence-electron chi connectivity index (χ4n) is 4.71. The van der Waals surface area contributed by atoms with Crippen LogP contribution in [0.3, 0.4) is 0 Å². The zero-order valence-corrected chi connectivity index (χ0v) is 21.2. The molecule has 2 amide bonds. The zero-order chi connectivity index (χ0) is 25.8. The molecule has 0 radical (unpaired) electrons. The summed E-state index contributed by atoms with van der Waals surface area (Å²) >= 11 is 0. The fourth-order valence-corrected chi connectivity index (χ4v) is 4.71. The normalized spacial score (nSPS) is 15.3. The summed E-state index contributed by atoms with van der Waals surface area (Å²) in [5.74, 6) is 0.443. The van der Waals surface area contributed by atoms with E-state index in [4.69, 9.17) is 15.4 Å². The predicted molar refractivity (Wildman–Crippen MR) is 142 cm³/mol. The van der Waals surface area contributed by atoms with Gasteiger partial charge in [0.05, 0.1) is 5.57 Å². The average molecular weight is 494 g/mol. The molecular weight excluding hydrogens is 454 g/mol. The van der Waals surface area contributed by atoms with Crippen LogP contribution < -0.4 is 15.5 Å². The largest absolute Gasteiger partial charge is 0.489 e. The van der Waals surface area contributed by atoms with E-state index in [0.29, 0.717) is 42.9 Å². The number of nitrogens with one attached hydrogen (secondary N) is 3. The minimum atomic E-state index is -0.411. The van der Waals surface area contributed by atoms with Gasteiger partial charge in [-0.1, -0.05) is 55.7 Å². The highest BCUT2D eigenvalue weighted by atomic mass is 16.5. The Labute approximate surface area is 213 Å². The molecule has 0 spiro atoms. The van der Waals surface area contributed by atoms with Gasteiger partial charge in [-0.2, -0.15) is 0 Å². The van der Waals surface area contributed by atoms with Crippen LogP contribution in [-0.2, 0) is 9.59 Å². The minimum absolute atomic E-state index is 0.133. The molecule has 0 saturated heterocycles. The molecule has 7 nitrogen and oxygen atoms in total. The van der Waals surface area contributed by atoms with Crippen LogP contribution in [0.25, 0.3) is 10.8 Å². The number of rotatable bonds is 13. The van der Waals surface area contributed by atoms with Crippen molar-refractivity contribution in [2.45, 2.75) is 77.2 Å². The minimum Gasteiger partial charge on any atom is -0.489 e. The van der Waals surface area contributed by atoms with E-state index in [2.05, 4.69) is 5.32 Å². The zero-order valence-electron chi connectivity index (χ0n) is 21.2. The summed E-state index contributed by atoms with van der Waals surface area (Å²) in [6.07, 6.45) is 10.4. The number of carbonyl (C=O) groups excluding carboxylic acids is 2. The van der Waals surface area contributed by atoms with Gasteiger partial charge in [-0.3, -0.25) is 14.8 Å². The Morgan fingerprint density at radius 1 is 1.11 bits per heavy atom. The van der Waals surface area contributed by atoms with Gasteiger partial charge in [0.15, 0.2) is 0 Å². The van der Waals surface area contributed by atoms with Gasteiger partial charge in [0, 0.05) is 24.6 Å². The van der Waals surface area contributed by atoms with Crippen LogP contribution >= 0.6 is 0 Å². The summed E-state index contributed by atoms with van der Waals surface area (Å²) < 4.78 is 6.00. The molecule has 1 saturated carbocycles. The number of hydrogen-bond acceptors (Lipinski definition) is 5. The van der Waals surface area contributed by atoms with Crippen LogP contribution in [0, 0.1) is 11.3 Å². The van der Waals surface area contributed by atoms with Crippen LogP contribution in [0.4, 0.5) is 0 Å². The number of benzene rings is 2. The van der Waals surface area contributed by atoms with E-state index in [1.807, 2.05) is 55.5 Å². The van der Waals surface area contributed by atoms with Crippen LogP contribution in [0.2, 0.25) is 0 Å².